The fourth-order valence-electron chi connectivity index (χ4n) is 1.66. The summed E-state index contributed by atoms with van der Waals surface area (Å²) in [6.45, 7) is 1.52. The van der Waals surface area contributed by atoms with Crippen LogP contribution in [-0.4, -0.2) is 21.0 Å². The van der Waals surface area contributed by atoms with Crippen LogP contribution in [0.25, 0.3) is 0 Å². The molecule has 2 aromatic rings. The molecule has 2 rings (SSSR count). The number of nitrogens with one attached hydrogen (secondary N) is 4. The van der Waals surface area contributed by atoms with Crippen LogP contribution in [0.15, 0.2) is 48.8 Å². The zero-order chi connectivity index (χ0) is 16.7. The van der Waals surface area contributed by atoms with E-state index in [1.54, 1.807) is 42.7 Å². The van der Waals surface area contributed by atoms with Crippen LogP contribution in [0.3, 0.4) is 0 Å². The fourth-order valence-corrected chi connectivity index (χ4v) is 2.00. The Labute approximate surface area is 144 Å². The van der Waals surface area contributed by atoms with Crippen LogP contribution < -0.4 is 21.5 Å². The molecule has 0 aliphatic rings. The number of benzene rings is 1. The molecule has 0 spiro atoms. The molecule has 0 aliphatic heterocycles. The summed E-state index contributed by atoms with van der Waals surface area (Å²) in [5.41, 5.74) is 7.71. The molecule has 0 atom stereocenters. The molecule has 1 aromatic heterocycles. The normalized spacial score (nSPS) is 9.61. The molecule has 118 valence electrons. The third-order valence-electron chi connectivity index (χ3n) is 2.76. The lowest BCUT2D eigenvalue weighted by atomic mass is 10.1. The molecule has 0 fully saturated rings. The van der Waals surface area contributed by atoms with E-state index in [0.717, 1.165) is 11.4 Å². The number of pyridine rings is 1. The monoisotopic (exact) mass is 345 g/mol. The first-order valence-corrected chi connectivity index (χ1v) is 7.51. The second kappa shape index (κ2) is 8.16. The minimum Gasteiger partial charge on any atom is -0.331 e. The van der Waals surface area contributed by atoms with E-state index in [4.69, 9.17) is 24.4 Å². The van der Waals surface area contributed by atoms with Gasteiger partial charge >= 0.3 is 0 Å². The van der Waals surface area contributed by atoms with E-state index in [-0.39, 0.29) is 5.78 Å². The predicted octanol–water partition coefficient (Wildman–Crippen LogP) is 2.47. The quantitative estimate of drug-likeness (QED) is 0.384. The average Bonchev–Trinajstić information content (AvgIpc) is 2.54. The fraction of sp³-hybridized carbons (Fsp3) is 0.0667. The molecule has 0 radical (unpaired) electrons. The largest absolute Gasteiger partial charge is 0.331 e. The summed E-state index contributed by atoms with van der Waals surface area (Å²) >= 11 is 10.3. The molecule has 4 N–H and O–H groups in total. The van der Waals surface area contributed by atoms with Crippen molar-refractivity contribution in [2.45, 2.75) is 6.92 Å². The van der Waals surface area contributed by atoms with Gasteiger partial charge in [-0.25, -0.2) is 0 Å². The number of ketones is 1. The number of hydrazine groups is 1. The number of hydrogen-bond donors (Lipinski definition) is 4. The van der Waals surface area contributed by atoms with Crippen molar-refractivity contribution in [3.05, 3.63) is 54.4 Å². The summed E-state index contributed by atoms with van der Waals surface area (Å²) in [7, 11) is 0. The van der Waals surface area contributed by atoms with Gasteiger partial charge in [0.2, 0.25) is 0 Å². The third kappa shape index (κ3) is 5.61. The van der Waals surface area contributed by atoms with E-state index >= 15 is 0 Å². The van der Waals surface area contributed by atoms with E-state index < -0.39 is 0 Å². The Bertz CT molecular complexity index is 704. The number of anilines is 2. The summed E-state index contributed by atoms with van der Waals surface area (Å²) in [4.78, 5) is 15.2. The van der Waals surface area contributed by atoms with Crippen molar-refractivity contribution >= 4 is 51.8 Å². The van der Waals surface area contributed by atoms with Crippen molar-refractivity contribution in [1.29, 1.82) is 0 Å². The molecule has 8 heteroatoms. The van der Waals surface area contributed by atoms with Gasteiger partial charge in [0.15, 0.2) is 16.0 Å². The molecule has 23 heavy (non-hydrogen) atoms. The molecule has 0 unspecified atom stereocenters. The van der Waals surface area contributed by atoms with Crippen LogP contribution in [0.4, 0.5) is 11.4 Å². The summed E-state index contributed by atoms with van der Waals surface area (Å²) in [6.07, 6.45) is 3.33. The maximum absolute atomic E-state index is 11.2. The molecule has 1 heterocycles. The van der Waals surface area contributed by atoms with Gasteiger partial charge in [0.25, 0.3) is 0 Å². The molecular formula is C15H15N5OS2. The van der Waals surface area contributed by atoms with Gasteiger partial charge in [-0.1, -0.05) is 0 Å². The van der Waals surface area contributed by atoms with E-state index in [9.17, 15) is 4.79 Å². The second-order valence-electron chi connectivity index (χ2n) is 4.53. The Balaban J connectivity index is 1.78. The maximum Gasteiger partial charge on any atom is 0.189 e. The number of hydrogen-bond acceptors (Lipinski definition) is 4. The van der Waals surface area contributed by atoms with Gasteiger partial charge in [0, 0.05) is 17.4 Å². The SMILES string of the molecule is CC(=O)c1ccc(NC(=S)NNC(=S)Nc2cccnc2)cc1. The molecule has 0 amide bonds. The Morgan fingerprint density at radius 2 is 1.57 bits per heavy atom. The highest BCUT2D eigenvalue weighted by Gasteiger charge is 2.02. The van der Waals surface area contributed by atoms with Crippen molar-refractivity contribution in [1.82, 2.24) is 15.8 Å². The maximum atomic E-state index is 11.2. The highest BCUT2D eigenvalue weighted by molar-refractivity contribution is 7.81. The number of carbonyl (C=O) groups excluding carboxylic acids is 1. The van der Waals surface area contributed by atoms with E-state index in [1.807, 2.05) is 6.07 Å². The van der Waals surface area contributed by atoms with Crippen LogP contribution in [0.1, 0.15) is 17.3 Å². The summed E-state index contributed by atoms with van der Waals surface area (Å²) in [5, 5.41) is 6.62. The van der Waals surface area contributed by atoms with Crippen molar-refractivity contribution in [3.8, 4) is 0 Å². The van der Waals surface area contributed by atoms with E-state index in [1.165, 1.54) is 6.92 Å². The van der Waals surface area contributed by atoms with Gasteiger partial charge in [-0.15, -0.1) is 0 Å². The summed E-state index contributed by atoms with van der Waals surface area (Å²) in [6, 6.07) is 10.7. The Kier molecular flexibility index (Phi) is 5.95. The number of carbonyl (C=O) groups is 1. The number of Topliss-reactive ketones (excluding diaryl/α,β-unsaturated/α-hetero) is 1. The molecular weight excluding hydrogens is 330 g/mol. The average molecular weight is 345 g/mol. The minimum absolute atomic E-state index is 0.0192. The topological polar surface area (TPSA) is 78.1 Å². The Morgan fingerprint density at radius 3 is 2.09 bits per heavy atom. The van der Waals surface area contributed by atoms with Crippen molar-refractivity contribution < 1.29 is 4.79 Å². The Hall–Kier alpha value is -2.58. The van der Waals surface area contributed by atoms with E-state index in [2.05, 4.69) is 26.5 Å². The van der Waals surface area contributed by atoms with Crippen LogP contribution in [0, 0.1) is 0 Å². The van der Waals surface area contributed by atoms with Crippen molar-refractivity contribution in [2.75, 3.05) is 10.6 Å². The highest BCUT2D eigenvalue weighted by atomic mass is 32.1. The number of rotatable bonds is 3. The molecule has 0 saturated heterocycles. The molecule has 0 bridgehead atoms. The summed E-state index contributed by atoms with van der Waals surface area (Å²) in [5.74, 6) is 0.0192. The third-order valence-corrected chi connectivity index (χ3v) is 3.17. The summed E-state index contributed by atoms with van der Waals surface area (Å²) < 4.78 is 0. The molecule has 0 saturated carbocycles. The lowest BCUT2D eigenvalue weighted by Crippen LogP contribution is -2.45. The number of thiocarbonyl (C=S) groups is 2. The molecule has 6 nitrogen and oxygen atoms in total. The van der Waals surface area contributed by atoms with Gasteiger partial charge in [-0.2, -0.15) is 0 Å². The van der Waals surface area contributed by atoms with Crippen molar-refractivity contribution in [3.63, 3.8) is 0 Å². The smallest absolute Gasteiger partial charge is 0.189 e. The lowest BCUT2D eigenvalue weighted by Gasteiger charge is -2.14. The first-order valence-electron chi connectivity index (χ1n) is 6.69. The van der Waals surface area contributed by atoms with Gasteiger partial charge < -0.3 is 10.6 Å². The minimum atomic E-state index is 0.0192. The first-order chi connectivity index (χ1) is 11.0. The zero-order valence-corrected chi connectivity index (χ0v) is 13.9. The van der Waals surface area contributed by atoms with Crippen LogP contribution >= 0.6 is 24.4 Å². The van der Waals surface area contributed by atoms with E-state index in [0.29, 0.717) is 15.8 Å². The second-order valence-corrected chi connectivity index (χ2v) is 5.35. The number of nitrogens with zero attached hydrogens (tertiary/aromatic N) is 1. The molecule has 0 aliphatic carbocycles. The molecule has 1 aromatic carbocycles. The van der Waals surface area contributed by atoms with Gasteiger partial charge in [0.05, 0.1) is 11.9 Å². The highest BCUT2D eigenvalue weighted by Crippen LogP contribution is 2.09. The van der Waals surface area contributed by atoms with Crippen LogP contribution in [0.5, 0.6) is 0 Å². The standard InChI is InChI=1S/C15H15N5OS2/c1-10(21)11-4-6-12(7-5-11)17-14(22)19-20-15(23)18-13-3-2-8-16-9-13/h2-9H,1H3,(H2,17,19,22)(H2,18,20,23). The van der Waals surface area contributed by atoms with Crippen molar-refractivity contribution in [2.24, 2.45) is 0 Å². The van der Waals surface area contributed by atoms with Gasteiger partial charge in [-0.05, 0) is 67.8 Å². The zero-order valence-electron chi connectivity index (χ0n) is 12.3. The predicted molar refractivity (Wildman–Crippen MR) is 99.4 cm³/mol. The van der Waals surface area contributed by atoms with Crippen LogP contribution in [-0.2, 0) is 0 Å². The van der Waals surface area contributed by atoms with Gasteiger partial charge in [-0.3, -0.25) is 20.6 Å². The Morgan fingerprint density at radius 1 is 0.957 bits per heavy atom. The number of aromatic nitrogens is 1. The lowest BCUT2D eigenvalue weighted by molar-refractivity contribution is 0.101. The first kappa shape index (κ1) is 16.8. The van der Waals surface area contributed by atoms with Gasteiger partial charge in [0.1, 0.15) is 0 Å². The van der Waals surface area contributed by atoms with Crippen LogP contribution in [0.2, 0.25) is 0 Å².